The number of non-ortho nitro benzene ring substituents is 1. The van der Waals surface area contributed by atoms with Gasteiger partial charge < -0.3 is 20.5 Å². The number of carboxylic acid groups (broad SMARTS) is 1. The van der Waals surface area contributed by atoms with Crippen molar-refractivity contribution in [1.82, 2.24) is 5.32 Å². The summed E-state index contributed by atoms with van der Waals surface area (Å²) in [5.41, 5.74) is 1.27. The second-order valence-corrected chi connectivity index (χ2v) is 6.00. The SMILES string of the molecule is COc1ccc(CCNC(CC(=O)Nc2ccc([N+](=O)[O-])cc2)C(=O)O)cc1. The van der Waals surface area contributed by atoms with E-state index in [4.69, 9.17) is 4.74 Å². The number of hydrogen-bond acceptors (Lipinski definition) is 6. The lowest BCUT2D eigenvalue weighted by Crippen LogP contribution is -2.40. The molecule has 0 spiro atoms. The largest absolute Gasteiger partial charge is 0.497 e. The van der Waals surface area contributed by atoms with Gasteiger partial charge in [0.05, 0.1) is 18.5 Å². The summed E-state index contributed by atoms with van der Waals surface area (Å²) in [7, 11) is 1.58. The van der Waals surface area contributed by atoms with Crippen LogP contribution in [-0.2, 0) is 16.0 Å². The van der Waals surface area contributed by atoms with Crippen LogP contribution >= 0.6 is 0 Å². The molecular weight excluding hydrogens is 366 g/mol. The van der Waals surface area contributed by atoms with Gasteiger partial charge in [-0.1, -0.05) is 12.1 Å². The van der Waals surface area contributed by atoms with Gasteiger partial charge in [0, 0.05) is 17.8 Å². The highest BCUT2D eigenvalue weighted by Crippen LogP contribution is 2.16. The van der Waals surface area contributed by atoms with Crippen molar-refractivity contribution in [2.24, 2.45) is 0 Å². The molecule has 0 aliphatic carbocycles. The summed E-state index contributed by atoms with van der Waals surface area (Å²) in [6.07, 6.45) is 0.326. The topological polar surface area (TPSA) is 131 Å². The maximum Gasteiger partial charge on any atom is 0.321 e. The van der Waals surface area contributed by atoms with Crippen molar-refractivity contribution in [2.45, 2.75) is 18.9 Å². The van der Waals surface area contributed by atoms with Crippen molar-refractivity contribution in [3.8, 4) is 5.75 Å². The van der Waals surface area contributed by atoms with Crippen LogP contribution in [0, 0.1) is 10.1 Å². The zero-order valence-electron chi connectivity index (χ0n) is 15.3. The summed E-state index contributed by atoms with van der Waals surface area (Å²) in [6.45, 7) is 0.383. The second-order valence-electron chi connectivity index (χ2n) is 6.00. The van der Waals surface area contributed by atoms with Crippen LogP contribution in [0.25, 0.3) is 0 Å². The van der Waals surface area contributed by atoms with Crippen molar-refractivity contribution in [1.29, 1.82) is 0 Å². The van der Waals surface area contributed by atoms with Gasteiger partial charge in [0.25, 0.3) is 5.69 Å². The third-order valence-corrected chi connectivity index (χ3v) is 4.01. The van der Waals surface area contributed by atoms with E-state index >= 15 is 0 Å². The summed E-state index contributed by atoms with van der Waals surface area (Å²) >= 11 is 0. The minimum absolute atomic E-state index is 0.0957. The lowest BCUT2D eigenvalue weighted by Gasteiger charge is -2.14. The van der Waals surface area contributed by atoms with Gasteiger partial charge >= 0.3 is 5.97 Å². The van der Waals surface area contributed by atoms with Gasteiger partial charge in [0.15, 0.2) is 0 Å². The summed E-state index contributed by atoms with van der Waals surface area (Å²) in [6, 6.07) is 11.7. The van der Waals surface area contributed by atoms with Crippen molar-refractivity contribution >= 4 is 23.3 Å². The molecule has 0 saturated heterocycles. The highest BCUT2D eigenvalue weighted by atomic mass is 16.6. The lowest BCUT2D eigenvalue weighted by atomic mass is 10.1. The third-order valence-electron chi connectivity index (χ3n) is 4.01. The predicted molar refractivity (Wildman–Crippen MR) is 102 cm³/mol. The molecule has 2 rings (SSSR count). The Labute approximate surface area is 161 Å². The highest BCUT2D eigenvalue weighted by molar-refractivity contribution is 5.94. The molecular formula is C19H21N3O6. The van der Waals surface area contributed by atoms with Gasteiger partial charge in [-0.05, 0) is 42.8 Å². The van der Waals surface area contributed by atoms with Gasteiger partial charge in [-0.2, -0.15) is 0 Å². The van der Waals surface area contributed by atoms with Crippen LogP contribution in [0.15, 0.2) is 48.5 Å². The average Bonchev–Trinajstić information content (AvgIpc) is 2.68. The number of carbonyl (C=O) groups is 2. The fourth-order valence-corrected chi connectivity index (χ4v) is 2.49. The number of nitro groups is 1. The summed E-state index contributed by atoms with van der Waals surface area (Å²) in [5.74, 6) is -0.894. The zero-order chi connectivity index (χ0) is 20.5. The Morgan fingerprint density at radius 1 is 1.14 bits per heavy atom. The maximum atomic E-state index is 12.1. The third kappa shape index (κ3) is 6.36. The van der Waals surface area contributed by atoms with Crippen molar-refractivity contribution in [3.63, 3.8) is 0 Å². The minimum atomic E-state index is -1.13. The molecule has 28 heavy (non-hydrogen) atoms. The molecule has 0 aliphatic heterocycles. The van der Waals surface area contributed by atoms with Gasteiger partial charge in [-0.25, -0.2) is 0 Å². The Bertz CT molecular complexity index is 821. The first kappa shape index (κ1) is 20.8. The van der Waals surface area contributed by atoms with Crippen molar-refractivity contribution in [3.05, 3.63) is 64.2 Å². The number of nitrogens with zero attached hydrogens (tertiary/aromatic N) is 1. The number of anilines is 1. The Balaban J connectivity index is 1.84. The Kier molecular flexibility index (Phi) is 7.46. The van der Waals surface area contributed by atoms with E-state index in [2.05, 4.69) is 10.6 Å². The number of amides is 1. The van der Waals surface area contributed by atoms with Crippen molar-refractivity contribution in [2.75, 3.05) is 19.0 Å². The Hall–Kier alpha value is -3.46. The molecule has 2 aromatic rings. The molecule has 0 aromatic heterocycles. The van der Waals surface area contributed by atoms with Crippen LogP contribution in [0.1, 0.15) is 12.0 Å². The molecule has 1 atom stereocenters. The van der Waals surface area contributed by atoms with E-state index < -0.39 is 22.8 Å². The molecule has 9 nitrogen and oxygen atoms in total. The molecule has 148 valence electrons. The van der Waals surface area contributed by atoms with Crippen LogP contribution in [0.3, 0.4) is 0 Å². The molecule has 3 N–H and O–H groups in total. The predicted octanol–water partition coefficient (Wildman–Crippen LogP) is 2.22. The van der Waals surface area contributed by atoms with Gasteiger partial charge in [0.1, 0.15) is 11.8 Å². The number of carbonyl (C=O) groups excluding carboxylic acids is 1. The Morgan fingerprint density at radius 3 is 2.32 bits per heavy atom. The maximum absolute atomic E-state index is 12.1. The number of methoxy groups -OCH3 is 1. The number of benzene rings is 2. The van der Waals surface area contributed by atoms with E-state index in [0.29, 0.717) is 18.7 Å². The number of ether oxygens (including phenoxy) is 1. The molecule has 1 amide bonds. The van der Waals surface area contributed by atoms with Gasteiger partial charge in [-0.3, -0.25) is 19.7 Å². The van der Waals surface area contributed by atoms with E-state index in [0.717, 1.165) is 11.3 Å². The smallest absolute Gasteiger partial charge is 0.321 e. The van der Waals surface area contributed by atoms with E-state index in [1.54, 1.807) is 7.11 Å². The van der Waals surface area contributed by atoms with Crippen LogP contribution < -0.4 is 15.4 Å². The second kappa shape index (κ2) is 10.0. The highest BCUT2D eigenvalue weighted by Gasteiger charge is 2.20. The average molecular weight is 387 g/mol. The molecule has 0 heterocycles. The first-order valence-electron chi connectivity index (χ1n) is 8.52. The molecule has 0 radical (unpaired) electrons. The zero-order valence-corrected chi connectivity index (χ0v) is 15.3. The molecule has 0 bridgehead atoms. The van der Waals surface area contributed by atoms with Gasteiger partial charge in [0.2, 0.25) is 5.91 Å². The standard InChI is InChI=1S/C19H21N3O6/c1-28-16-8-2-13(3-9-16)10-11-20-17(19(24)25)12-18(23)21-14-4-6-15(7-5-14)22(26)27/h2-9,17,20H,10-12H2,1H3,(H,21,23)(H,24,25). The van der Waals surface area contributed by atoms with Gasteiger partial charge in [-0.15, -0.1) is 0 Å². The first-order valence-corrected chi connectivity index (χ1v) is 8.52. The molecule has 9 heteroatoms. The minimum Gasteiger partial charge on any atom is -0.497 e. The molecule has 1 unspecified atom stereocenters. The summed E-state index contributed by atoms with van der Waals surface area (Å²) in [4.78, 5) is 33.6. The number of carboxylic acids is 1. The fourth-order valence-electron chi connectivity index (χ4n) is 2.49. The summed E-state index contributed by atoms with van der Waals surface area (Å²) < 4.78 is 5.08. The number of nitro benzene ring substituents is 1. The number of nitrogens with one attached hydrogen (secondary N) is 2. The lowest BCUT2D eigenvalue weighted by molar-refractivity contribution is -0.384. The van der Waals surface area contributed by atoms with E-state index in [-0.39, 0.29) is 12.1 Å². The number of hydrogen-bond donors (Lipinski definition) is 3. The monoisotopic (exact) mass is 387 g/mol. The van der Waals surface area contributed by atoms with Crippen LogP contribution in [0.4, 0.5) is 11.4 Å². The van der Waals surface area contributed by atoms with E-state index in [1.165, 1.54) is 24.3 Å². The number of rotatable bonds is 10. The molecule has 2 aromatic carbocycles. The quantitative estimate of drug-likeness (QED) is 0.421. The fraction of sp³-hybridized carbons (Fsp3) is 0.263. The summed E-state index contributed by atoms with van der Waals surface area (Å²) in [5, 5.41) is 25.3. The molecule has 0 fully saturated rings. The van der Waals surface area contributed by atoms with Crippen LogP contribution in [0.5, 0.6) is 5.75 Å². The first-order chi connectivity index (χ1) is 13.4. The number of aliphatic carboxylic acids is 1. The molecule has 0 saturated carbocycles. The van der Waals surface area contributed by atoms with Crippen LogP contribution in [0.2, 0.25) is 0 Å². The van der Waals surface area contributed by atoms with Crippen LogP contribution in [-0.4, -0.2) is 41.6 Å². The van der Waals surface area contributed by atoms with E-state index in [1.807, 2.05) is 24.3 Å². The Morgan fingerprint density at radius 2 is 1.79 bits per heavy atom. The van der Waals surface area contributed by atoms with Crippen molar-refractivity contribution < 1.29 is 24.4 Å². The van der Waals surface area contributed by atoms with E-state index in [9.17, 15) is 24.8 Å². The molecule has 0 aliphatic rings. The normalized spacial score (nSPS) is 11.5.